The summed E-state index contributed by atoms with van der Waals surface area (Å²) in [4.78, 5) is 2.67. The first-order chi connectivity index (χ1) is 12.1. The largest absolute Gasteiger partial charge is 0.493 e. The van der Waals surface area contributed by atoms with Crippen molar-refractivity contribution >= 4 is 5.71 Å². The standard InChI is InChI=1S/C20H28N2O3/c1-20-9-7-15-14-12-17(25-3)16(24-2)11-13(14)8-10-22(15)19(20)6-4-5-18(20)21-23/h11-12,15,19,23H,4-10H2,1-3H3/b21-18-/t15-,19+,20-/m0/s1. The second kappa shape index (κ2) is 6.20. The van der Waals surface area contributed by atoms with Gasteiger partial charge in [0, 0.05) is 24.0 Å². The Morgan fingerprint density at radius 3 is 2.64 bits per heavy atom. The molecule has 0 spiro atoms. The molecule has 2 heterocycles. The van der Waals surface area contributed by atoms with Crippen LogP contribution in [0.3, 0.4) is 0 Å². The zero-order valence-electron chi connectivity index (χ0n) is 15.4. The van der Waals surface area contributed by atoms with Crippen LogP contribution in [0.25, 0.3) is 0 Å². The minimum atomic E-state index is 0.0115. The summed E-state index contributed by atoms with van der Waals surface area (Å²) >= 11 is 0. The van der Waals surface area contributed by atoms with Gasteiger partial charge in [0.2, 0.25) is 0 Å². The van der Waals surface area contributed by atoms with Crippen molar-refractivity contribution in [1.29, 1.82) is 0 Å². The fourth-order valence-corrected chi connectivity index (χ4v) is 5.44. The number of fused-ring (bicyclic) bond motifs is 5. The summed E-state index contributed by atoms with van der Waals surface area (Å²) in [6.45, 7) is 3.36. The molecule has 25 heavy (non-hydrogen) atoms. The maximum atomic E-state index is 9.51. The first kappa shape index (κ1) is 16.7. The van der Waals surface area contributed by atoms with Gasteiger partial charge in [-0.15, -0.1) is 0 Å². The maximum absolute atomic E-state index is 9.51. The Morgan fingerprint density at radius 2 is 1.92 bits per heavy atom. The molecular weight excluding hydrogens is 316 g/mol. The van der Waals surface area contributed by atoms with Gasteiger partial charge in [0.25, 0.3) is 0 Å². The molecule has 136 valence electrons. The van der Waals surface area contributed by atoms with Crippen LogP contribution in [0.5, 0.6) is 11.5 Å². The second-order valence-electron chi connectivity index (χ2n) is 7.82. The van der Waals surface area contributed by atoms with E-state index in [1.165, 1.54) is 17.5 Å². The second-order valence-corrected chi connectivity index (χ2v) is 7.82. The first-order valence-electron chi connectivity index (χ1n) is 9.34. The van der Waals surface area contributed by atoms with Crippen molar-refractivity contribution in [3.05, 3.63) is 23.3 Å². The molecule has 1 aromatic carbocycles. The topological polar surface area (TPSA) is 54.3 Å². The van der Waals surface area contributed by atoms with E-state index in [-0.39, 0.29) is 5.41 Å². The number of benzene rings is 1. The Morgan fingerprint density at radius 1 is 1.16 bits per heavy atom. The van der Waals surface area contributed by atoms with E-state index in [1.807, 2.05) is 0 Å². The smallest absolute Gasteiger partial charge is 0.161 e. The quantitative estimate of drug-likeness (QED) is 0.655. The van der Waals surface area contributed by atoms with E-state index in [2.05, 4.69) is 29.1 Å². The van der Waals surface area contributed by atoms with Gasteiger partial charge in [-0.3, -0.25) is 4.90 Å². The third-order valence-electron chi connectivity index (χ3n) is 6.79. The van der Waals surface area contributed by atoms with E-state index >= 15 is 0 Å². The minimum absolute atomic E-state index is 0.0115. The van der Waals surface area contributed by atoms with Crippen molar-refractivity contribution in [3.8, 4) is 11.5 Å². The molecule has 0 amide bonds. The van der Waals surface area contributed by atoms with E-state index in [0.29, 0.717) is 12.1 Å². The molecule has 1 aliphatic carbocycles. The van der Waals surface area contributed by atoms with Gasteiger partial charge in [-0.05, 0) is 61.8 Å². The van der Waals surface area contributed by atoms with E-state index in [4.69, 9.17) is 9.47 Å². The lowest BCUT2D eigenvalue weighted by Gasteiger charge is -2.56. The van der Waals surface area contributed by atoms with Crippen molar-refractivity contribution in [3.63, 3.8) is 0 Å². The van der Waals surface area contributed by atoms with E-state index in [1.54, 1.807) is 14.2 Å². The summed E-state index contributed by atoms with van der Waals surface area (Å²) in [6.07, 6.45) is 6.44. The molecule has 1 N–H and O–H groups in total. The lowest BCUT2D eigenvalue weighted by molar-refractivity contribution is -0.00236. The average molecular weight is 344 g/mol. The lowest BCUT2D eigenvalue weighted by atomic mass is 9.62. The molecule has 5 heteroatoms. The lowest BCUT2D eigenvalue weighted by Crippen LogP contribution is -2.58. The SMILES string of the molecule is COc1cc2c(cc1OC)[C@@H]1CC[C@@]3(C)/C(=N\O)CCC[C@H]3N1CC2. The van der Waals surface area contributed by atoms with E-state index in [0.717, 1.165) is 55.9 Å². The molecule has 4 rings (SSSR count). The summed E-state index contributed by atoms with van der Waals surface area (Å²) in [5.74, 6) is 1.64. The summed E-state index contributed by atoms with van der Waals surface area (Å²) in [5.41, 5.74) is 3.78. The van der Waals surface area contributed by atoms with Crippen LogP contribution in [0.15, 0.2) is 17.3 Å². The number of piperidine rings is 1. The van der Waals surface area contributed by atoms with Crippen LogP contribution in [0.1, 0.15) is 56.2 Å². The number of ether oxygens (including phenoxy) is 2. The van der Waals surface area contributed by atoms with Crippen molar-refractivity contribution in [1.82, 2.24) is 4.90 Å². The van der Waals surface area contributed by atoms with Gasteiger partial charge in [-0.1, -0.05) is 12.1 Å². The Balaban J connectivity index is 1.72. The molecule has 0 bridgehead atoms. The number of oxime groups is 1. The summed E-state index contributed by atoms with van der Waals surface area (Å²) in [7, 11) is 3.40. The summed E-state index contributed by atoms with van der Waals surface area (Å²) in [5, 5.41) is 13.2. The molecule has 0 aromatic heterocycles. The maximum Gasteiger partial charge on any atom is 0.161 e. The minimum Gasteiger partial charge on any atom is -0.493 e. The Hall–Kier alpha value is -1.75. The van der Waals surface area contributed by atoms with Gasteiger partial charge >= 0.3 is 0 Å². The van der Waals surface area contributed by atoms with Crippen LogP contribution in [0, 0.1) is 5.41 Å². The molecule has 0 unspecified atom stereocenters. The average Bonchev–Trinajstić information content (AvgIpc) is 2.65. The molecule has 3 atom stereocenters. The molecule has 1 saturated carbocycles. The summed E-state index contributed by atoms with van der Waals surface area (Å²) in [6, 6.07) is 5.23. The van der Waals surface area contributed by atoms with Gasteiger partial charge < -0.3 is 14.7 Å². The third kappa shape index (κ3) is 2.43. The highest BCUT2D eigenvalue weighted by Crippen LogP contribution is 2.52. The van der Waals surface area contributed by atoms with E-state index in [9.17, 15) is 5.21 Å². The van der Waals surface area contributed by atoms with Gasteiger partial charge in [-0.2, -0.15) is 0 Å². The molecule has 1 saturated heterocycles. The predicted octanol–water partition coefficient (Wildman–Crippen LogP) is 3.79. The number of hydrogen-bond donors (Lipinski definition) is 1. The first-order valence-corrected chi connectivity index (χ1v) is 9.34. The van der Waals surface area contributed by atoms with Gasteiger partial charge in [0.1, 0.15) is 0 Å². The van der Waals surface area contributed by atoms with Crippen LogP contribution in [-0.2, 0) is 6.42 Å². The predicted molar refractivity (Wildman–Crippen MR) is 96.9 cm³/mol. The fraction of sp³-hybridized carbons (Fsp3) is 0.650. The number of hydrogen-bond acceptors (Lipinski definition) is 5. The monoisotopic (exact) mass is 344 g/mol. The number of nitrogens with zero attached hydrogens (tertiary/aromatic N) is 2. The zero-order valence-corrected chi connectivity index (χ0v) is 15.4. The van der Waals surface area contributed by atoms with E-state index < -0.39 is 0 Å². The van der Waals surface area contributed by atoms with Crippen LogP contribution >= 0.6 is 0 Å². The highest BCUT2D eigenvalue weighted by molar-refractivity contribution is 5.91. The Bertz CT molecular complexity index is 702. The highest BCUT2D eigenvalue weighted by atomic mass is 16.5. The van der Waals surface area contributed by atoms with Crippen molar-refractivity contribution in [2.45, 2.75) is 57.5 Å². The van der Waals surface area contributed by atoms with Crippen LogP contribution in [-0.4, -0.2) is 42.6 Å². The molecule has 3 aliphatic rings. The Labute approximate surface area is 149 Å². The van der Waals surface area contributed by atoms with Gasteiger partial charge in [-0.25, -0.2) is 0 Å². The van der Waals surface area contributed by atoms with Crippen LogP contribution in [0.2, 0.25) is 0 Å². The molecule has 1 aromatic rings. The van der Waals surface area contributed by atoms with Crippen molar-refractivity contribution in [2.24, 2.45) is 10.6 Å². The van der Waals surface area contributed by atoms with Crippen LogP contribution < -0.4 is 9.47 Å². The van der Waals surface area contributed by atoms with Gasteiger partial charge in [0.05, 0.1) is 19.9 Å². The number of rotatable bonds is 2. The van der Waals surface area contributed by atoms with Crippen LogP contribution in [0.4, 0.5) is 0 Å². The van der Waals surface area contributed by atoms with Gasteiger partial charge in [0.15, 0.2) is 11.5 Å². The fourth-order valence-electron chi connectivity index (χ4n) is 5.44. The molecule has 0 radical (unpaired) electrons. The normalized spacial score (nSPS) is 33.3. The molecule has 2 aliphatic heterocycles. The van der Waals surface area contributed by atoms with Crippen molar-refractivity contribution < 1.29 is 14.7 Å². The van der Waals surface area contributed by atoms with Crippen molar-refractivity contribution in [2.75, 3.05) is 20.8 Å². The molecule has 5 nitrogen and oxygen atoms in total. The molecular formula is C20H28N2O3. The Kier molecular flexibility index (Phi) is 4.14. The summed E-state index contributed by atoms with van der Waals surface area (Å²) < 4.78 is 11.0. The highest BCUT2D eigenvalue weighted by Gasteiger charge is 2.51. The molecule has 2 fully saturated rings. The zero-order chi connectivity index (χ0) is 17.6. The third-order valence-corrected chi connectivity index (χ3v) is 6.79. The number of methoxy groups -OCH3 is 2.